The van der Waals surface area contributed by atoms with Crippen LogP contribution in [-0.4, -0.2) is 34.2 Å². The summed E-state index contributed by atoms with van der Waals surface area (Å²) in [5.41, 5.74) is 1.51. The highest BCUT2D eigenvalue weighted by atomic mass is 79.9. The minimum Gasteiger partial charge on any atom is -0.338 e. The maximum atomic E-state index is 12.4. The summed E-state index contributed by atoms with van der Waals surface area (Å²) in [6.07, 6.45) is 1.73. The third kappa shape index (κ3) is 1.90. The fourth-order valence-electron chi connectivity index (χ4n) is 2.28. The number of likely N-dealkylation sites (tertiary alicyclic amines) is 1. The van der Waals surface area contributed by atoms with Crippen molar-refractivity contribution in [2.45, 2.75) is 0 Å². The molecule has 0 saturated carbocycles. The van der Waals surface area contributed by atoms with Crippen molar-refractivity contribution in [2.75, 3.05) is 18.4 Å². The number of hydrogen-bond acceptors (Lipinski definition) is 2. The van der Waals surface area contributed by atoms with Gasteiger partial charge in [0.1, 0.15) is 0 Å². The summed E-state index contributed by atoms with van der Waals surface area (Å²) in [4.78, 5) is 18.6. The molecule has 92 valence electrons. The molecule has 0 bridgehead atoms. The summed E-state index contributed by atoms with van der Waals surface area (Å²) >= 11 is 3.45. The van der Waals surface area contributed by atoms with Gasteiger partial charge in [0.2, 0.25) is 0 Å². The van der Waals surface area contributed by atoms with Crippen LogP contribution in [-0.2, 0) is 0 Å². The maximum Gasteiger partial charge on any atom is 0.256 e. The Morgan fingerprint density at radius 2 is 2.11 bits per heavy atom. The number of pyridine rings is 1. The van der Waals surface area contributed by atoms with E-state index in [-0.39, 0.29) is 5.91 Å². The second-order valence-electron chi connectivity index (χ2n) is 4.61. The molecule has 2 aromatic rings. The molecule has 0 N–H and O–H groups in total. The highest BCUT2D eigenvalue weighted by molar-refractivity contribution is 9.09. The molecular weight excluding hydrogens is 292 g/mol. The lowest BCUT2D eigenvalue weighted by Gasteiger charge is -2.38. The zero-order chi connectivity index (χ0) is 12.5. The van der Waals surface area contributed by atoms with Gasteiger partial charge in [-0.05, 0) is 12.1 Å². The molecule has 1 aliphatic heterocycles. The van der Waals surface area contributed by atoms with Crippen molar-refractivity contribution >= 4 is 32.7 Å². The minimum atomic E-state index is 0.0940. The molecule has 1 amide bonds. The average molecular weight is 305 g/mol. The molecule has 0 unspecified atom stereocenters. The van der Waals surface area contributed by atoms with Crippen molar-refractivity contribution in [3.05, 3.63) is 42.1 Å². The summed E-state index contributed by atoms with van der Waals surface area (Å²) in [6.45, 7) is 1.68. The second-order valence-corrected chi connectivity index (χ2v) is 5.26. The summed E-state index contributed by atoms with van der Waals surface area (Å²) in [5.74, 6) is 0.688. The molecule has 3 nitrogen and oxygen atoms in total. The molecule has 0 spiro atoms. The Morgan fingerprint density at radius 1 is 1.33 bits per heavy atom. The van der Waals surface area contributed by atoms with Crippen LogP contribution in [0.1, 0.15) is 10.4 Å². The predicted molar refractivity (Wildman–Crippen MR) is 74.9 cm³/mol. The Hall–Kier alpha value is -1.42. The molecule has 0 atom stereocenters. The third-order valence-corrected chi connectivity index (χ3v) is 4.24. The van der Waals surface area contributed by atoms with Crippen LogP contribution in [0, 0.1) is 5.92 Å². The lowest BCUT2D eigenvalue weighted by Crippen LogP contribution is -2.50. The van der Waals surface area contributed by atoms with E-state index >= 15 is 0 Å². The zero-order valence-electron chi connectivity index (χ0n) is 9.84. The van der Waals surface area contributed by atoms with Crippen molar-refractivity contribution < 1.29 is 4.79 Å². The summed E-state index contributed by atoms with van der Waals surface area (Å²) in [6, 6.07) is 9.63. The highest BCUT2D eigenvalue weighted by Gasteiger charge is 2.31. The first-order chi connectivity index (χ1) is 8.79. The molecule has 1 aromatic heterocycles. The topological polar surface area (TPSA) is 33.2 Å². The lowest BCUT2D eigenvalue weighted by molar-refractivity contribution is 0.0541. The van der Waals surface area contributed by atoms with Crippen LogP contribution in [0.25, 0.3) is 10.9 Å². The van der Waals surface area contributed by atoms with Gasteiger partial charge in [0.05, 0.1) is 11.1 Å². The van der Waals surface area contributed by atoms with E-state index in [0.717, 1.165) is 29.3 Å². The fourth-order valence-corrected chi connectivity index (χ4v) is 2.69. The van der Waals surface area contributed by atoms with Crippen LogP contribution >= 0.6 is 15.9 Å². The largest absolute Gasteiger partial charge is 0.338 e. The number of carbonyl (C=O) groups excluding carboxylic acids is 1. The Balaban J connectivity index is 1.93. The molecule has 0 aliphatic carbocycles. The highest BCUT2D eigenvalue weighted by Crippen LogP contribution is 2.23. The number of rotatable bonds is 2. The zero-order valence-corrected chi connectivity index (χ0v) is 11.4. The Kier molecular flexibility index (Phi) is 3.04. The van der Waals surface area contributed by atoms with Gasteiger partial charge in [-0.3, -0.25) is 9.78 Å². The average Bonchev–Trinajstić information content (AvgIpc) is 2.36. The van der Waals surface area contributed by atoms with E-state index in [1.165, 1.54) is 0 Å². The third-order valence-electron chi connectivity index (χ3n) is 3.33. The van der Waals surface area contributed by atoms with Gasteiger partial charge in [-0.1, -0.05) is 34.1 Å². The number of nitrogens with zero attached hydrogens (tertiary/aromatic N) is 2. The Bertz CT molecular complexity index is 588. The molecule has 1 aromatic carbocycles. The van der Waals surface area contributed by atoms with Crippen LogP contribution in [0.4, 0.5) is 0 Å². The lowest BCUT2D eigenvalue weighted by atomic mass is 10.0. The van der Waals surface area contributed by atoms with E-state index in [4.69, 9.17) is 0 Å². The number of amides is 1. The van der Waals surface area contributed by atoms with E-state index in [1.807, 2.05) is 35.2 Å². The van der Waals surface area contributed by atoms with E-state index in [2.05, 4.69) is 20.9 Å². The molecule has 2 heterocycles. The van der Waals surface area contributed by atoms with E-state index in [1.54, 1.807) is 6.20 Å². The van der Waals surface area contributed by atoms with Gasteiger partial charge in [-0.2, -0.15) is 0 Å². The normalized spacial score (nSPS) is 15.7. The quantitative estimate of drug-likeness (QED) is 0.799. The van der Waals surface area contributed by atoms with Crippen molar-refractivity contribution in [3.63, 3.8) is 0 Å². The van der Waals surface area contributed by atoms with Gasteiger partial charge < -0.3 is 4.90 Å². The first kappa shape index (κ1) is 11.7. The van der Waals surface area contributed by atoms with Gasteiger partial charge in [-0.15, -0.1) is 0 Å². The summed E-state index contributed by atoms with van der Waals surface area (Å²) in [5, 5.41) is 1.98. The minimum absolute atomic E-state index is 0.0940. The number of hydrogen-bond donors (Lipinski definition) is 0. The summed E-state index contributed by atoms with van der Waals surface area (Å²) in [7, 11) is 0. The van der Waals surface area contributed by atoms with Crippen LogP contribution in [0.5, 0.6) is 0 Å². The Morgan fingerprint density at radius 3 is 2.89 bits per heavy atom. The maximum absolute atomic E-state index is 12.4. The van der Waals surface area contributed by atoms with Crippen LogP contribution < -0.4 is 0 Å². The van der Waals surface area contributed by atoms with Crippen LogP contribution in [0.15, 0.2) is 36.5 Å². The van der Waals surface area contributed by atoms with Crippen molar-refractivity contribution in [2.24, 2.45) is 5.92 Å². The monoisotopic (exact) mass is 304 g/mol. The number of halogens is 1. The molecule has 4 heteroatoms. The first-order valence-electron chi connectivity index (χ1n) is 5.98. The Labute approximate surface area is 114 Å². The number of aromatic nitrogens is 1. The molecule has 18 heavy (non-hydrogen) atoms. The molecular formula is C14H13BrN2O. The van der Waals surface area contributed by atoms with E-state index in [9.17, 15) is 4.79 Å². The van der Waals surface area contributed by atoms with Crippen LogP contribution in [0.2, 0.25) is 0 Å². The molecule has 1 saturated heterocycles. The van der Waals surface area contributed by atoms with Crippen molar-refractivity contribution in [1.29, 1.82) is 0 Å². The SMILES string of the molecule is O=C(c1cccc2cccnc12)N1CC(CBr)C1. The van der Waals surface area contributed by atoms with Crippen molar-refractivity contribution in [3.8, 4) is 0 Å². The smallest absolute Gasteiger partial charge is 0.256 e. The molecule has 1 aliphatic rings. The number of carbonyl (C=O) groups is 1. The fraction of sp³-hybridized carbons (Fsp3) is 0.286. The molecule has 0 radical (unpaired) electrons. The van der Waals surface area contributed by atoms with Gasteiger partial charge in [-0.25, -0.2) is 0 Å². The van der Waals surface area contributed by atoms with E-state index < -0.39 is 0 Å². The van der Waals surface area contributed by atoms with E-state index in [0.29, 0.717) is 11.5 Å². The first-order valence-corrected chi connectivity index (χ1v) is 7.10. The number of alkyl halides is 1. The second kappa shape index (κ2) is 4.69. The van der Waals surface area contributed by atoms with Gasteiger partial charge in [0.25, 0.3) is 5.91 Å². The standard InChI is InChI=1S/C14H13BrN2O/c15-7-10-8-17(9-10)14(18)12-5-1-3-11-4-2-6-16-13(11)12/h1-6,10H,7-9H2. The molecule has 1 fully saturated rings. The van der Waals surface area contributed by atoms with Crippen molar-refractivity contribution in [1.82, 2.24) is 9.88 Å². The van der Waals surface area contributed by atoms with Crippen LogP contribution in [0.3, 0.4) is 0 Å². The number of para-hydroxylation sites is 1. The predicted octanol–water partition coefficient (Wildman–Crippen LogP) is 2.70. The number of benzene rings is 1. The molecule has 3 rings (SSSR count). The number of fused-ring (bicyclic) bond motifs is 1. The van der Waals surface area contributed by atoms with Gasteiger partial charge in [0, 0.05) is 35.9 Å². The summed E-state index contributed by atoms with van der Waals surface area (Å²) < 4.78 is 0. The van der Waals surface area contributed by atoms with Gasteiger partial charge >= 0.3 is 0 Å². The van der Waals surface area contributed by atoms with Gasteiger partial charge in [0.15, 0.2) is 0 Å².